The number of carbonyl (C=O) groups excluding carboxylic acids is 2. The number of thioether (sulfide) groups is 1. The van der Waals surface area contributed by atoms with E-state index in [4.69, 9.17) is 16.0 Å². The fraction of sp³-hybridized carbons (Fsp3) is 0.241. The highest BCUT2D eigenvalue weighted by atomic mass is 35.5. The first-order valence-corrected chi connectivity index (χ1v) is 15.1. The Morgan fingerprint density at radius 1 is 1.10 bits per heavy atom. The molecule has 1 aliphatic carbocycles. The van der Waals surface area contributed by atoms with Crippen molar-refractivity contribution in [2.45, 2.75) is 37.4 Å². The molecule has 2 N–H and O–H groups in total. The molecular weight excluding hydrogens is 566 g/mol. The van der Waals surface area contributed by atoms with E-state index in [-0.39, 0.29) is 17.6 Å². The summed E-state index contributed by atoms with van der Waals surface area (Å²) < 4.78 is 7.72. The van der Waals surface area contributed by atoms with Crippen LogP contribution in [0.1, 0.15) is 39.2 Å². The number of furan rings is 1. The number of halogens is 1. The molecule has 0 bridgehead atoms. The molecule has 5 aromatic rings. The summed E-state index contributed by atoms with van der Waals surface area (Å²) in [6.45, 7) is 0.431. The first-order chi connectivity index (χ1) is 19.5. The van der Waals surface area contributed by atoms with Crippen molar-refractivity contribution >= 4 is 62.5 Å². The number of thiophene rings is 1. The molecule has 0 aliphatic heterocycles. The summed E-state index contributed by atoms with van der Waals surface area (Å²) in [4.78, 5) is 27.5. The summed E-state index contributed by atoms with van der Waals surface area (Å²) in [5, 5.41) is 17.3. The highest BCUT2D eigenvalue weighted by molar-refractivity contribution is 7.99. The summed E-state index contributed by atoms with van der Waals surface area (Å²) in [5.74, 6) is 0.882. The van der Waals surface area contributed by atoms with Crippen LogP contribution in [0.3, 0.4) is 0 Å². The lowest BCUT2D eigenvalue weighted by Crippen LogP contribution is -2.25. The molecule has 0 unspecified atom stereocenters. The third-order valence-corrected chi connectivity index (χ3v) is 9.28. The van der Waals surface area contributed by atoms with Gasteiger partial charge in [0.15, 0.2) is 16.7 Å². The highest BCUT2D eigenvalue weighted by Crippen LogP contribution is 2.38. The van der Waals surface area contributed by atoms with Crippen LogP contribution in [0.15, 0.2) is 64.2 Å². The maximum absolute atomic E-state index is 13.3. The van der Waals surface area contributed by atoms with Gasteiger partial charge in [0.05, 0.1) is 11.3 Å². The van der Waals surface area contributed by atoms with Gasteiger partial charge in [-0.05, 0) is 61.1 Å². The third kappa shape index (κ3) is 5.52. The van der Waals surface area contributed by atoms with Gasteiger partial charge >= 0.3 is 0 Å². The Balaban J connectivity index is 1.14. The summed E-state index contributed by atoms with van der Waals surface area (Å²) in [7, 11) is 1.83. The molecule has 0 spiro atoms. The first-order valence-electron chi connectivity index (χ1n) is 12.9. The SMILES string of the molecule is Cn1c(SCC(=O)Nc2sc3c(c2C(=O)NCc2ccccc2)CCCC3)nnc1-c1cc2cc(Cl)ccc2o1. The van der Waals surface area contributed by atoms with E-state index in [9.17, 15) is 9.59 Å². The molecule has 0 radical (unpaired) electrons. The van der Waals surface area contributed by atoms with Crippen LogP contribution < -0.4 is 10.6 Å². The molecule has 40 heavy (non-hydrogen) atoms. The Morgan fingerprint density at radius 3 is 2.77 bits per heavy atom. The van der Waals surface area contributed by atoms with Crippen LogP contribution in [0.25, 0.3) is 22.6 Å². The average Bonchev–Trinajstić information content (AvgIpc) is 3.65. The van der Waals surface area contributed by atoms with E-state index in [1.807, 2.05) is 55.6 Å². The van der Waals surface area contributed by atoms with Gasteiger partial charge in [-0.3, -0.25) is 9.59 Å². The van der Waals surface area contributed by atoms with Crippen molar-refractivity contribution in [3.63, 3.8) is 0 Å². The van der Waals surface area contributed by atoms with Gasteiger partial charge in [-0.15, -0.1) is 21.5 Å². The number of anilines is 1. The van der Waals surface area contributed by atoms with Gasteiger partial charge in [0.1, 0.15) is 10.6 Å². The van der Waals surface area contributed by atoms with Gasteiger partial charge in [0.25, 0.3) is 5.91 Å². The summed E-state index contributed by atoms with van der Waals surface area (Å²) >= 11 is 8.89. The fourth-order valence-corrected chi connectivity index (χ4v) is 7.03. The Morgan fingerprint density at radius 2 is 1.93 bits per heavy atom. The fourth-order valence-electron chi connectivity index (χ4n) is 4.83. The number of aryl methyl sites for hydroxylation is 1. The molecule has 11 heteroatoms. The number of hydrogen-bond acceptors (Lipinski definition) is 7. The van der Waals surface area contributed by atoms with E-state index >= 15 is 0 Å². The first kappa shape index (κ1) is 26.6. The maximum Gasteiger partial charge on any atom is 0.254 e. The number of fused-ring (bicyclic) bond motifs is 2. The molecule has 3 aromatic heterocycles. The lowest BCUT2D eigenvalue weighted by molar-refractivity contribution is -0.113. The molecule has 1 aliphatic rings. The monoisotopic (exact) mass is 591 g/mol. The molecule has 204 valence electrons. The molecule has 0 saturated heterocycles. The topological polar surface area (TPSA) is 102 Å². The smallest absolute Gasteiger partial charge is 0.254 e. The van der Waals surface area contributed by atoms with Crippen LogP contribution in [0.2, 0.25) is 5.02 Å². The second kappa shape index (κ2) is 11.5. The van der Waals surface area contributed by atoms with Gasteiger partial charge in [-0.1, -0.05) is 53.7 Å². The van der Waals surface area contributed by atoms with E-state index < -0.39 is 0 Å². The number of aromatic nitrogens is 3. The standard InChI is InChI=1S/C29H26ClN5O3S2/c1-35-26(22-14-18-13-19(30)11-12-21(18)38-22)33-34-29(35)39-16-24(36)32-28-25(20-9-5-6-10-23(20)40-28)27(37)31-15-17-7-3-2-4-8-17/h2-4,7-8,11-14H,5-6,9-10,15-16H2,1H3,(H,31,37)(H,32,36). The van der Waals surface area contributed by atoms with E-state index in [1.54, 1.807) is 10.6 Å². The minimum absolute atomic E-state index is 0.120. The number of nitrogens with zero attached hydrogens (tertiary/aromatic N) is 3. The van der Waals surface area contributed by atoms with Gasteiger partial charge in [-0.2, -0.15) is 0 Å². The number of carbonyl (C=O) groups is 2. The number of amides is 2. The average molecular weight is 592 g/mol. The van der Waals surface area contributed by atoms with Crippen LogP contribution >= 0.6 is 34.7 Å². The minimum Gasteiger partial charge on any atom is -0.453 e. The minimum atomic E-state index is -0.205. The summed E-state index contributed by atoms with van der Waals surface area (Å²) in [6.07, 6.45) is 3.91. The quantitative estimate of drug-likeness (QED) is 0.200. The van der Waals surface area contributed by atoms with Crippen LogP contribution in [0.5, 0.6) is 0 Å². The van der Waals surface area contributed by atoms with E-state index in [0.717, 1.165) is 42.2 Å². The Labute approximate surface area is 244 Å². The van der Waals surface area contributed by atoms with Crippen LogP contribution in [0.4, 0.5) is 5.00 Å². The van der Waals surface area contributed by atoms with Crippen LogP contribution in [-0.2, 0) is 31.2 Å². The van der Waals surface area contributed by atoms with Crippen LogP contribution in [0, 0.1) is 0 Å². The van der Waals surface area contributed by atoms with Crippen molar-refractivity contribution in [3.8, 4) is 11.6 Å². The van der Waals surface area contributed by atoms with Crippen molar-refractivity contribution in [2.75, 3.05) is 11.1 Å². The Kier molecular flexibility index (Phi) is 7.64. The molecular formula is C29H26ClN5O3S2. The Hall–Kier alpha value is -3.60. The van der Waals surface area contributed by atoms with Gasteiger partial charge < -0.3 is 19.6 Å². The second-order valence-corrected chi connectivity index (χ2v) is 12.1. The summed E-state index contributed by atoms with van der Waals surface area (Å²) in [6, 6.07) is 17.1. The van der Waals surface area contributed by atoms with Gasteiger partial charge in [-0.25, -0.2) is 0 Å². The van der Waals surface area contributed by atoms with Crippen molar-refractivity contribution < 1.29 is 14.0 Å². The highest BCUT2D eigenvalue weighted by Gasteiger charge is 2.26. The molecule has 8 nitrogen and oxygen atoms in total. The van der Waals surface area contributed by atoms with Crippen molar-refractivity contribution in [3.05, 3.63) is 81.2 Å². The predicted molar refractivity (Wildman–Crippen MR) is 159 cm³/mol. The second-order valence-electron chi connectivity index (χ2n) is 9.58. The van der Waals surface area contributed by atoms with Gasteiger partial charge in [0.2, 0.25) is 5.91 Å². The van der Waals surface area contributed by atoms with Crippen molar-refractivity contribution in [2.24, 2.45) is 7.05 Å². The van der Waals surface area contributed by atoms with Crippen LogP contribution in [-0.4, -0.2) is 32.3 Å². The molecule has 2 aromatic carbocycles. The van der Waals surface area contributed by atoms with Crippen molar-refractivity contribution in [1.29, 1.82) is 0 Å². The Bertz CT molecular complexity index is 1710. The molecule has 0 fully saturated rings. The summed E-state index contributed by atoms with van der Waals surface area (Å²) in [5.41, 5.74) is 3.39. The van der Waals surface area contributed by atoms with E-state index in [2.05, 4.69) is 20.8 Å². The largest absolute Gasteiger partial charge is 0.453 e. The predicted octanol–water partition coefficient (Wildman–Crippen LogP) is 6.48. The molecule has 0 saturated carbocycles. The molecule has 6 rings (SSSR count). The third-order valence-electron chi connectivity index (χ3n) is 6.81. The lowest BCUT2D eigenvalue weighted by Gasteiger charge is -2.13. The molecule has 3 heterocycles. The van der Waals surface area contributed by atoms with Gasteiger partial charge in [0, 0.05) is 28.9 Å². The number of nitrogens with one attached hydrogen (secondary N) is 2. The lowest BCUT2D eigenvalue weighted by atomic mass is 9.95. The normalized spacial score (nSPS) is 12.8. The van der Waals surface area contributed by atoms with Crippen molar-refractivity contribution in [1.82, 2.24) is 20.1 Å². The number of benzene rings is 2. The zero-order valence-corrected chi connectivity index (χ0v) is 24.1. The van der Waals surface area contributed by atoms with E-state index in [1.165, 1.54) is 28.0 Å². The maximum atomic E-state index is 13.3. The molecule has 0 atom stereocenters. The number of rotatable bonds is 8. The zero-order valence-electron chi connectivity index (χ0n) is 21.7. The van der Waals surface area contributed by atoms with E-state index in [0.29, 0.717) is 44.5 Å². The number of hydrogen-bond donors (Lipinski definition) is 2. The molecule has 2 amide bonds. The zero-order chi connectivity index (χ0) is 27.6.